The van der Waals surface area contributed by atoms with Crippen molar-refractivity contribution in [2.24, 2.45) is 5.41 Å². The summed E-state index contributed by atoms with van der Waals surface area (Å²) in [6.07, 6.45) is 3.95. The molecule has 3 aliphatic heterocycles. The van der Waals surface area contributed by atoms with E-state index in [1.165, 1.54) is 16.0 Å². The average molecular weight is 576 g/mol. The number of nitrogens with one attached hydrogen (secondary N) is 1. The Morgan fingerprint density at radius 1 is 1.10 bits per heavy atom. The molecule has 0 aromatic heterocycles. The van der Waals surface area contributed by atoms with Gasteiger partial charge in [-0.2, -0.15) is 0 Å². The van der Waals surface area contributed by atoms with Crippen molar-refractivity contribution in [1.29, 1.82) is 0 Å². The van der Waals surface area contributed by atoms with Crippen molar-refractivity contribution in [3.8, 4) is 11.1 Å². The maximum absolute atomic E-state index is 14.0. The summed E-state index contributed by atoms with van der Waals surface area (Å²) in [6, 6.07) is 13.2. The number of benzene rings is 2. The third kappa shape index (κ3) is 6.70. The predicted octanol–water partition coefficient (Wildman–Crippen LogP) is 5.48. The maximum atomic E-state index is 14.0. The number of alkyl carbamates (subject to hydrolysis) is 1. The zero-order valence-electron chi connectivity index (χ0n) is 25.9. The third-order valence-corrected chi connectivity index (χ3v) is 8.53. The number of carbonyl (C=O) groups excluding carboxylic acids is 3. The highest BCUT2D eigenvalue weighted by molar-refractivity contribution is 5.89. The first-order valence-electron chi connectivity index (χ1n) is 14.7. The van der Waals surface area contributed by atoms with Gasteiger partial charge in [-0.15, -0.1) is 0 Å². The van der Waals surface area contributed by atoms with Crippen LogP contribution < -0.4 is 10.2 Å². The zero-order chi connectivity index (χ0) is 30.7. The summed E-state index contributed by atoms with van der Waals surface area (Å²) in [5.41, 5.74) is 4.91. The standard InChI is InChI=1S/C34H45N3O5/c1-23-10-8-9-11-25-18-27(36(5)6)16-17-29(25)24-12-14-26(15-13-24)34(41-7)19-28(20-38)37(22-34)31(39)30(33(2,3)4)35-32(40)42-21-23/h12-18,20,28,30H,1,8-11,19,21-22H2,2-7H3,(H,35,40)/t28-,30+,34-/m0/s1. The Morgan fingerprint density at radius 3 is 2.40 bits per heavy atom. The molecular weight excluding hydrogens is 530 g/mol. The van der Waals surface area contributed by atoms with E-state index in [1.54, 1.807) is 7.11 Å². The van der Waals surface area contributed by atoms with E-state index in [9.17, 15) is 14.4 Å². The molecule has 0 aliphatic carbocycles. The molecule has 2 aromatic carbocycles. The van der Waals surface area contributed by atoms with E-state index in [4.69, 9.17) is 9.47 Å². The van der Waals surface area contributed by atoms with Crippen LogP contribution in [0.4, 0.5) is 10.5 Å². The monoisotopic (exact) mass is 575 g/mol. The molecule has 2 aromatic rings. The molecule has 3 aliphatic rings. The van der Waals surface area contributed by atoms with Gasteiger partial charge in [-0.25, -0.2) is 4.79 Å². The minimum absolute atomic E-state index is 0.0809. The number of amides is 2. The number of rotatable bonds is 3. The van der Waals surface area contributed by atoms with E-state index in [1.807, 2.05) is 47.0 Å². The second-order valence-corrected chi connectivity index (χ2v) is 12.9. The first-order valence-corrected chi connectivity index (χ1v) is 14.7. The van der Waals surface area contributed by atoms with E-state index in [0.717, 1.165) is 54.4 Å². The van der Waals surface area contributed by atoms with Crippen molar-refractivity contribution < 1.29 is 23.9 Å². The number of aryl methyl sites for hydroxylation is 1. The van der Waals surface area contributed by atoms with Gasteiger partial charge in [-0.1, -0.05) is 57.7 Å². The number of methoxy groups -OCH3 is 1. The Morgan fingerprint density at radius 2 is 1.79 bits per heavy atom. The van der Waals surface area contributed by atoms with Gasteiger partial charge >= 0.3 is 6.09 Å². The van der Waals surface area contributed by atoms with Crippen molar-refractivity contribution in [2.45, 2.75) is 70.6 Å². The molecule has 1 N–H and O–H groups in total. The molecule has 3 heterocycles. The number of ether oxygens (including phenoxy) is 2. The average Bonchev–Trinajstić information content (AvgIpc) is 3.36. The van der Waals surface area contributed by atoms with Gasteiger partial charge in [0, 0.05) is 33.3 Å². The largest absolute Gasteiger partial charge is 0.445 e. The SMILES string of the molecule is C=C1CCCCc2cc(N(C)C)ccc2-c2ccc(cc2)[C@]2(OC)C[C@@H](C=O)N(C2)C(=O)[C@H](C(C)(C)C)NC(=O)OC1. The lowest BCUT2D eigenvalue weighted by Crippen LogP contribution is -2.56. The number of aldehydes is 1. The van der Waals surface area contributed by atoms with Crippen molar-refractivity contribution in [3.05, 3.63) is 65.7 Å². The Labute approximate surface area is 250 Å². The van der Waals surface area contributed by atoms with Gasteiger partial charge in [0.1, 0.15) is 24.5 Å². The van der Waals surface area contributed by atoms with Crippen molar-refractivity contribution in [3.63, 3.8) is 0 Å². The van der Waals surface area contributed by atoms with Crippen LogP contribution in [0.25, 0.3) is 11.1 Å². The van der Waals surface area contributed by atoms with Crippen LogP contribution in [0, 0.1) is 5.41 Å². The molecule has 226 valence electrons. The number of fused-ring (bicyclic) bond motifs is 12. The van der Waals surface area contributed by atoms with Gasteiger partial charge in [0.2, 0.25) is 5.91 Å². The number of hydrogen-bond acceptors (Lipinski definition) is 6. The Balaban J connectivity index is 1.76. The summed E-state index contributed by atoms with van der Waals surface area (Å²) in [7, 11) is 5.70. The lowest BCUT2D eigenvalue weighted by molar-refractivity contribution is -0.139. The predicted molar refractivity (Wildman–Crippen MR) is 165 cm³/mol. The highest BCUT2D eigenvalue weighted by atomic mass is 16.5. The van der Waals surface area contributed by atoms with Crippen LogP contribution in [0.2, 0.25) is 0 Å². The first-order chi connectivity index (χ1) is 19.9. The molecule has 0 radical (unpaired) electrons. The second-order valence-electron chi connectivity index (χ2n) is 12.9. The lowest BCUT2D eigenvalue weighted by Gasteiger charge is -2.35. The molecule has 1 fully saturated rings. The number of anilines is 1. The van der Waals surface area contributed by atoms with Crippen LogP contribution >= 0.6 is 0 Å². The lowest BCUT2D eigenvalue weighted by atomic mass is 9.85. The van der Waals surface area contributed by atoms with Gasteiger partial charge in [0.25, 0.3) is 0 Å². The summed E-state index contributed by atoms with van der Waals surface area (Å²) < 4.78 is 11.6. The Kier molecular flexibility index (Phi) is 9.46. The van der Waals surface area contributed by atoms with E-state index in [0.29, 0.717) is 6.42 Å². The number of carbonyl (C=O) groups is 3. The van der Waals surface area contributed by atoms with Gasteiger partial charge in [0.15, 0.2) is 0 Å². The van der Waals surface area contributed by atoms with Gasteiger partial charge in [0.05, 0.1) is 12.6 Å². The van der Waals surface area contributed by atoms with E-state index < -0.39 is 29.2 Å². The molecular formula is C34H45N3O5. The fourth-order valence-electron chi connectivity index (χ4n) is 5.95. The molecule has 3 atom stereocenters. The number of hydrogen-bond donors (Lipinski definition) is 1. The topological polar surface area (TPSA) is 88.2 Å². The molecule has 5 rings (SSSR count). The zero-order valence-corrected chi connectivity index (χ0v) is 25.9. The Hall–Kier alpha value is -3.65. The van der Waals surface area contributed by atoms with Crippen LogP contribution in [0.1, 0.15) is 57.6 Å². The van der Waals surface area contributed by atoms with Crippen LogP contribution in [-0.4, -0.2) is 69.6 Å². The Bertz CT molecular complexity index is 1310. The van der Waals surface area contributed by atoms with Crippen molar-refractivity contribution in [2.75, 3.05) is 39.3 Å². The van der Waals surface area contributed by atoms with E-state index >= 15 is 0 Å². The first kappa shape index (κ1) is 31.3. The summed E-state index contributed by atoms with van der Waals surface area (Å²) >= 11 is 0. The molecule has 0 saturated carbocycles. The summed E-state index contributed by atoms with van der Waals surface area (Å²) in [5.74, 6) is -0.342. The summed E-state index contributed by atoms with van der Waals surface area (Å²) in [4.78, 5) is 42.7. The van der Waals surface area contributed by atoms with E-state index in [2.05, 4.69) is 47.1 Å². The highest BCUT2D eigenvalue weighted by Gasteiger charge is 2.50. The smallest absolute Gasteiger partial charge is 0.408 e. The number of nitrogens with zero attached hydrogens (tertiary/aromatic N) is 2. The van der Waals surface area contributed by atoms with Crippen LogP contribution in [-0.2, 0) is 31.1 Å². The fraction of sp³-hybridized carbons (Fsp3) is 0.500. The summed E-state index contributed by atoms with van der Waals surface area (Å²) in [6.45, 7) is 10.00. The second kappa shape index (κ2) is 12.7. The normalized spacial score (nSPS) is 24.0. The maximum Gasteiger partial charge on any atom is 0.408 e. The molecule has 8 heteroatoms. The van der Waals surface area contributed by atoms with E-state index in [-0.39, 0.29) is 19.1 Å². The molecule has 2 amide bonds. The minimum atomic E-state index is -0.898. The molecule has 0 unspecified atom stereocenters. The quantitative estimate of drug-likeness (QED) is 0.385. The molecule has 0 spiro atoms. The third-order valence-electron chi connectivity index (χ3n) is 8.53. The highest BCUT2D eigenvalue weighted by Crippen LogP contribution is 2.40. The molecule has 4 bridgehead atoms. The van der Waals surface area contributed by atoms with Gasteiger partial charge in [-0.05, 0) is 71.1 Å². The van der Waals surface area contributed by atoms with Gasteiger partial charge in [-0.3, -0.25) is 4.79 Å². The molecule has 1 saturated heterocycles. The minimum Gasteiger partial charge on any atom is -0.445 e. The van der Waals surface area contributed by atoms with Crippen molar-refractivity contribution >= 4 is 24.0 Å². The molecule has 8 nitrogen and oxygen atoms in total. The molecule has 42 heavy (non-hydrogen) atoms. The summed E-state index contributed by atoms with van der Waals surface area (Å²) in [5, 5.41) is 2.77. The van der Waals surface area contributed by atoms with Crippen molar-refractivity contribution in [1.82, 2.24) is 10.2 Å². The van der Waals surface area contributed by atoms with Crippen LogP contribution in [0.3, 0.4) is 0 Å². The van der Waals surface area contributed by atoms with Gasteiger partial charge < -0.3 is 29.4 Å². The van der Waals surface area contributed by atoms with Crippen LogP contribution in [0.5, 0.6) is 0 Å². The fourth-order valence-corrected chi connectivity index (χ4v) is 5.95. The van der Waals surface area contributed by atoms with Crippen LogP contribution in [0.15, 0.2) is 54.6 Å².